The minimum Gasteiger partial charge on any atom is -0.379 e. The molecule has 1 aliphatic carbocycles. The Kier molecular flexibility index (Phi) is 5.61. The molecule has 2 N–H and O–H groups in total. The van der Waals surface area contributed by atoms with Crippen LogP contribution in [0.2, 0.25) is 0 Å². The van der Waals surface area contributed by atoms with Crippen LogP contribution in [-0.4, -0.2) is 24.3 Å². The van der Waals surface area contributed by atoms with Gasteiger partial charge in [-0.2, -0.15) is 0 Å². The molecule has 2 atom stereocenters. The highest BCUT2D eigenvalue weighted by Gasteiger charge is 2.23. The van der Waals surface area contributed by atoms with Crippen LogP contribution in [0.1, 0.15) is 25.7 Å². The van der Waals surface area contributed by atoms with Gasteiger partial charge in [-0.1, -0.05) is 18.9 Å². The maximum Gasteiger partial charge on any atom is 0.250 e. The van der Waals surface area contributed by atoms with Crippen molar-refractivity contribution in [2.24, 2.45) is 17.6 Å². The Hall–Kier alpha value is -1.13. The third-order valence-corrected chi connectivity index (χ3v) is 4.08. The van der Waals surface area contributed by atoms with Crippen LogP contribution < -0.4 is 11.3 Å². The molecule has 0 aromatic carbocycles. The zero-order valence-electron chi connectivity index (χ0n) is 11.5. The molecular formula is C15H24N2O2. The number of aromatic nitrogens is 1. The van der Waals surface area contributed by atoms with Gasteiger partial charge in [0.2, 0.25) is 0 Å². The van der Waals surface area contributed by atoms with E-state index in [1.807, 2.05) is 6.07 Å². The molecule has 0 bridgehead atoms. The summed E-state index contributed by atoms with van der Waals surface area (Å²) in [7, 11) is 0. The van der Waals surface area contributed by atoms with Crippen LogP contribution in [-0.2, 0) is 11.3 Å². The Bertz CT molecular complexity index is 430. The molecule has 4 heteroatoms. The van der Waals surface area contributed by atoms with Crippen molar-refractivity contribution in [3.8, 4) is 0 Å². The summed E-state index contributed by atoms with van der Waals surface area (Å²) < 4.78 is 7.43. The topological polar surface area (TPSA) is 57.2 Å². The fourth-order valence-corrected chi connectivity index (χ4v) is 2.86. The van der Waals surface area contributed by atoms with Crippen molar-refractivity contribution < 1.29 is 4.74 Å². The van der Waals surface area contributed by atoms with Gasteiger partial charge in [0.25, 0.3) is 5.56 Å². The second-order valence-corrected chi connectivity index (χ2v) is 5.35. The lowest BCUT2D eigenvalue weighted by Gasteiger charge is -2.30. The number of rotatable bonds is 6. The maximum atomic E-state index is 11.5. The van der Waals surface area contributed by atoms with Gasteiger partial charge in [-0.3, -0.25) is 4.79 Å². The number of nitrogens with zero attached hydrogens (tertiary/aromatic N) is 1. The summed E-state index contributed by atoms with van der Waals surface area (Å²) in [4.78, 5) is 11.5. The largest absolute Gasteiger partial charge is 0.379 e. The van der Waals surface area contributed by atoms with Gasteiger partial charge in [0.1, 0.15) is 0 Å². The molecule has 1 saturated carbocycles. The lowest BCUT2D eigenvalue weighted by Crippen LogP contribution is -2.30. The predicted molar refractivity (Wildman–Crippen MR) is 76.0 cm³/mol. The predicted octanol–water partition coefficient (Wildman–Crippen LogP) is 1.63. The Morgan fingerprint density at radius 3 is 2.79 bits per heavy atom. The van der Waals surface area contributed by atoms with Gasteiger partial charge < -0.3 is 15.0 Å². The molecule has 0 aliphatic heterocycles. The van der Waals surface area contributed by atoms with Crippen LogP contribution in [0.25, 0.3) is 0 Å². The smallest absolute Gasteiger partial charge is 0.250 e. The Balaban J connectivity index is 1.71. The number of hydrogen-bond donors (Lipinski definition) is 1. The Morgan fingerprint density at radius 1 is 1.26 bits per heavy atom. The molecule has 0 spiro atoms. The zero-order valence-corrected chi connectivity index (χ0v) is 11.5. The molecule has 1 aromatic rings. The molecular weight excluding hydrogens is 240 g/mol. The molecule has 1 aromatic heterocycles. The average Bonchev–Trinajstić information content (AvgIpc) is 2.45. The van der Waals surface area contributed by atoms with Crippen LogP contribution in [0.5, 0.6) is 0 Å². The molecule has 4 nitrogen and oxygen atoms in total. The minimum absolute atomic E-state index is 0.0311. The molecule has 1 heterocycles. The lowest BCUT2D eigenvalue weighted by atomic mass is 9.80. The number of hydrogen-bond acceptors (Lipinski definition) is 3. The molecule has 0 amide bonds. The number of nitrogens with two attached hydrogens (primary N) is 1. The molecule has 2 unspecified atom stereocenters. The molecule has 1 aliphatic rings. The van der Waals surface area contributed by atoms with E-state index >= 15 is 0 Å². The van der Waals surface area contributed by atoms with Gasteiger partial charge in [-0.15, -0.1) is 0 Å². The molecule has 19 heavy (non-hydrogen) atoms. The second kappa shape index (κ2) is 7.46. The van der Waals surface area contributed by atoms with Gasteiger partial charge in [0.15, 0.2) is 0 Å². The van der Waals surface area contributed by atoms with Gasteiger partial charge in [-0.25, -0.2) is 0 Å². The first-order valence-electron chi connectivity index (χ1n) is 7.24. The van der Waals surface area contributed by atoms with E-state index in [1.54, 1.807) is 22.9 Å². The minimum atomic E-state index is 0.0311. The molecule has 0 saturated heterocycles. The van der Waals surface area contributed by atoms with Crippen molar-refractivity contribution >= 4 is 0 Å². The van der Waals surface area contributed by atoms with Crippen molar-refractivity contribution in [2.75, 3.05) is 19.8 Å². The highest BCUT2D eigenvalue weighted by atomic mass is 16.5. The fraction of sp³-hybridized carbons (Fsp3) is 0.667. The molecule has 106 valence electrons. The summed E-state index contributed by atoms with van der Waals surface area (Å²) in [5.74, 6) is 1.22. The van der Waals surface area contributed by atoms with E-state index in [0.717, 1.165) is 13.2 Å². The van der Waals surface area contributed by atoms with Gasteiger partial charge in [0, 0.05) is 25.4 Å². The van der Waals surface area contributed by atoms with Crippen LogP contribution in [0.3, 0.4) is 0 Å². The summed E-state index contributed by atoms with van der Waals surface area (Å²) in [6.07, 6.45) is 6.87. The molecule has 1 fully saturated rings. The van der Waals surface area contributed by atoms with Crippen LogP contribution in [0.15, 0.2) is 29.2 Å². The van der Waals surface area contributed by atoms with E-state index in [2.05, 4.69) is 0 Å². The first kappa shape index (κ1) is 14.3. The third-order valence-electron chi connectivity index (χ3n) is 4.08. The maximum absolute atomic E-state index is 11.5. The van der Waals surface area contributed by atoms with Crippen molar-refractivity contribution in [1.82, 2.24) is 4.57 Å². The highest BCUT2D eigenvalue weighted by molar-refractivity contribution is 4.92. The van der Waals surface area contributed by atoms with Crippen LogP contribution in [0, 0.1) is 11.8 Å². The quantitative estimate of drug-likeness (QED) is 0.795. The summed E-state index contributed by atoms with van der Waals surface area (Å²) in [6, 6.07) is 5.20. The van der Waals surface area contributed by atoms with Crippen LogP contribution >= 0.6 is 0 Å². The van der Waals surface area contributed by atoms with Crippen LogP contribution in [0.4, 0.5) is 0 Å². The molecule has 0 radical (unpaired) electrons. The zero-order chi connectivity index (χ0) is 13.5. The fourth-order valence-electron chi connectivity index (χ4n) is 2.86. The summed E-state index contributed by atoms with van der Waals surface area (Å²) >= 11 is 0. The van der Waals surface area contributed by atoms with Crippen molar-refractivity contribution in [3.63, 3.8) is 0 Å². The lowest BCUT2D eigenvalue weighted by molar-refractivity contribution is 0.0565. The standard InChI is InChI=1S/C15H24N2O2/c16-11-13-5-1-2-6-14(13)12-19-10-9-17-8-4-3-7-15(17)18/h3-4,7-8,13-14H,1-2,5-6,9-12,16H2. The Morgan fingerprint density at radius 2 is 2.05 bits per heavy atom. The van der Waals surface area contributed by atoms with E-state index < -0.39 is 0 Å². The van der Waals surface area contributed by atoms with Crippen molar-refractivity contribution in [1.29, 1.82) is 0 Å². The number of pyridine rings is 1. The Labute approximate surface area is 114 Å². The van der Waals surface area contributed by atoms with E-state index in [9.17, 15) is 4.79 Å². The highest BCUT2D eigenvalue weighted by Crippen LogP contribution is 2.29. The first-order chi connectivity index (χ1) is 9.31. The van der Waals surface area contributed by atoms with Gasteiger partial charge >= 0.3 is 0 Å². The third kappa shape index (κ3) is 4.18. The van der Waals surface area contributed by atoms with E-state index in [1.165, 1.54) is 25.7 Å². The summed E-state index contributed by atoms with van der Waals surface area (Å²) in [5, 5.41) is 0. The van der Waals surface area contributed by atoms with E-state index in [4.69, 9.17) is 10.5 Å². The number of ether oxygens (including phenoxy) is 1. The van der Waals surface area contributed by atoms with Crippen molar-refractivity contribution in [2.45, 2.75) is 32.2 Å². The second-order valence-electron chi connectivity index (χ2n) is 5.35. The monoisotopic (exact) mass is 264 g/mol. The molecule has 2 rings (SSSR count). The summed E-state index contributed by atoms with van der Waals surface area (Å²) in [6.45, 7) is 2.77. The normalized spacial score (nSPS) is 23.4. The summed E-state index contributed by atoms with van der Waals surface area (Å²) in [5.41, 5.74) is 5.84. The van der Waals surface area contributed by atoms with E-state index in [0.29, 0.717) is 25.0 Å². The average molecular weight is 264 g/mol. The SMILES string of the molecule is NCC1CCCCC1COCCn1ccccc1=O. The van der Waals surface area contributed by atoms with Crippen molar-refractivity contribution in [3.05, 3.63) is 34.7 Å². The van der Waals surface area contributed by atoms with Gasteiger partial charge in [0.05, 0.1) is 6.61 Å². The first-order valence-corrected chi connectivity index (χ1v) is 7.24. The van der Waals surface area contributed by atoms with E-state index in [-0.39, 0.29) is 5.56 Å². The van der Waals surface area contributed by atoms with Gasteiger partial charge in [-0.05, 0) is 37.3 Å².